The second kappa shape index (κ2) is 6.32. The van der Waals surface area contributed by atoms with Crippen molar-refractivity contribution in [2.24, 2.45) is 5.92 Å². The van der Waals surface area contributed by atoms with Crippen LogP contribution in [0.3, 0.4) is 0 Å². The van der Waals surface area contributed by atoms with E-state index in [1.807, 2.05) is 9.80 Å². The van der Waals surface area contributed by atoms with E-state index >= 15 is 0 Å². The summed E-state index contributed by atoms with van der Waals surface area (Å²) < 4.78 is 0. The third-order valence-corrected chi connectivity index (χ3v) is 5.20. The average Bonchev–Trinajstić information content (AvgIpc) is 2.90. The second-order valence-corrected chi connectivity index (χ2v) is 6.60. The molecule has 1 saturated carbocycles. The molecule has 3 unspecified atom stereocenters. The quantitative estimate of drug-likeness (QED) is 0.774. The summed E-state index contributed by atoms with van der Waals surface area (Å²) in [5.41, 5.74) is 0. The van der Waals surface area contributed by atoms with E-state index in [0.29, 0.717) is 38.1 Å². The van der Waals surface area contributed by atoms with Gasteiger partial charge >= 0.3 is 5.97 Å². The minimum absolute atomic E-state index is 0.0101. The maximum Gasteiger partial charge on any atom is 0.317 e. The molecule has 3 aliphatic rings. The Kier molecular flexibility index (Phi) is 4.45. The van der Waals surface area contributed by atoms with Crippen LogP contribution in [-0.2, 0) is 9.59 Å². The van der Waals surface area contributed by atoms with E-state index in [1.54, 1.807) is 0 Å². The number of carboxylic acid groups (broad SMARTS) is 1. The van der Waals surface area contributed by atoms with E-state index in [9.17, 15) is 9.59 Å². The fraction of sp³-hybridized carbons (Fsp3) is 0.867. The summed E-state index contributed by atoms with van der Waals surface area (Å²) in [7, 11) is 0. The molecule has 0 radical (unpaired) electrons. The first-order valence-corrected chi connectivity index (χ1v) is 8.12. The van der Waals surface area contributed by atoms with Gasteiger partial charge < -0.3 is 15.3 Å². The molecular formula is C15H25N3O3. The van der Waals surface area contributed by atoms with Gasteiger partial charge in [0.15, 0.2) is 0 Å². The van der Waals surface area contributed by atoms with Crippen molar-refractivity contribution in [3.05, 3.63) is 0 Å². The molecule has 0 aromatic rings. The number of carbonyl (C=O) groups is 2. The molecule has 3 rings (SSSR count). The Hall–Kier alpha value is -1.14. The second-order valence-electron chi connectivity index (χ2n) is 6.60. The Labute approximate surface area is 125 Å². The zero-order valence-corrected chi connectivity index (χ0v) is 12.5. The van der Waals surface area contributed by atoms with Crippen molar-refractivity contribution >= 4 is 11.9 Å². The highest BCUT2D eigenvalue weighted by Gasteiger charge is 2.40. The van der Waals surface area contributed by atoms with E-state index in [0.717, 1.165) is 6.42 Å². The summed E-state index contributed by atoms with van der Waals surface area (Å²) in [5, 5.41) is 12.3. The van der Waals surface area contributed by atoms with Crippen molar-refractivity contribution in [3.8, 4) is 0 Å². The number of nitrogens with one attached hydrogen (secondary N) is 1. The molecule has 6 nitrogen and oxygen atoms in total. The van der Waals surface area contributed by atoms with E-state index < -0.39 is 5.97 Å². The topological polar surface area (TPSA) is 72.9 Å². The van der Waals surface area contributed by atoms with Gasteiger partial charge in [-0.3, -0.25) is 14.5 Å². The lowest BCUT2D eigenvalue weighted by atomic mass is 9.85. The highest BCUT2D eigenvalue weighted by molar-refractivity contribution is 5.82. The number of hydrogen-bond acceptors (Lipinski definition) is 4. The zero-order chi connectivity index (χ0) is 14.8. The molecule has 0 aromatic heterocycles. The number of aliphatic carboxylic acids is 1. The molecule has 1 aliphatic carbocycles. The van der Waals surface area contributed by atoms with Gasteiger partial charge in [-0.2, -0.15) is 0 Å². The van der Waals surface area contributed by atoms with Crippen LogP contribution in [0.5, 0.6) is 0 Å². The summed E-state index contributed by atoms with van der Waals surface area (Å²) in [4.78, 5) is 27.1. The number of nitrogens with zero attached hydrogens (tertiary/aromatic N) is 2. The number of piperazine rings is 1. The van der Waals surface area contributed by atoms with E-state index in [2.05, 4.69) is 5.32 Å². The molecule has 2 heterocycles. The molecular weight excluding hydrogens is 270 g/mol. The van der Waals surface area contributed by atoms with Crippen molar-refractivity contribution in [2.75, 3.05) is 32.7 Å². The van der Waals surface area contributed by atoms with E-state index in [4.69, 9.17) is 5.11 Å². The Morgan fingerprint density at radius 2 is 1.81 bits per heavy atom. The molecule has 3 fully saturated rings. The maximum absolute atomic E-state index is 12.6. The predicted molar refractivity (Wildman–Crippen MR) is 77.9 cm³/mol. The smallest absolute Gasteiger partial charge is 0.317 e. The monoisotopic (exact) mass is 295 g/mol. The standard InChI is InChI=1S/C15H25N3O3/c19-14(20)10-17-5-7-18(8-6-17)15(21)13-9-11-3-1-2-4-12(11)16-13/h11-13,16H,1-10H2,(H,19,20). The van der Waals surface area contributed by atoms with Gasteiger partial charge in [0, 0.05) is 32.2 Å². The van der Waals surface area contributed by atoms with Crippen LogP contribution in [-0.4, -0.2) is 71.6 Å². The van der Waals surface area contributed by atoms with Crippen LogP contribution in [0.4, 0.5) is 0 Å². The normalized spacial score (nSPS) is 33.7. The lowest BCUT2D eigenvalue weighted by molar-refractivity contribution is -0.139. The van der Waals surface area contributed by atoms with Crippen molar-refractivity contribution in [1.82, 2.24) is 15.1 Å². The van der Waals surface area contributed by atoms with Gasteiger partial charge in [-0.15, -0.1) is 0 Å². The SMILES string of the molecule is O=C(O)CN1CCN(C(=O)C2CC3CCCCC3N2)CC1. The Bertz CT molecular complexity index is 393. The van der Waals surface area contributed by atoms with Crippen LogP contribution >= 0.6 is 0 Å². The first-order chi connectivity index (χ1) is 10.1. The molecule has 0 aromatic carbocycles. The predicted octanol–water partition coefficient (Wildman–Crippen LogP) is 0.136. The van der Waals surface area contributed by atoms with Gasteiger partial charge in [0.1, 0.15) is 0 Å². The lowest BCUT2D eigenvalue weighted by Crippen LogP contribution is -2.54. The molecule has 3 atom stereocenters. The van der Waals surface area contributed by atoms with Gasteiger partial charge in [-0.25, -0.2) is 0 Å². The van der Waals surface area contributed by atoms with Crippen LogP contribution in [0.2, 0.25) is 0 Å². The number of carbonyl (C=O) groups excluding carboxylic acids is 1. The highest BCUT2D eigenvalue weighted by Crippen LogP contribution is 2.33. The first-order valence-electron chi connectivity index (χ1n) is 8.12. The molecule has 2 N–H and O–H groups in total. The minimum Gasteiger partial charge on any atom is -0.480 e. The van der Waals surface area contributed by atoms with E-state index in [1.165, 1.54) is 25.7 Å². The fourth-order valence-corrected chi connectivity index (χ4v) is 4.05. The van der Waals surface area contributed by atoms with Crippen molar-refractivity contribution < 1.29 is 14.7 Å². The minimum atomic E-state index is -0.795. The zero-order valence-electron chi connectivity index (χ0n) is 12.5. The molecule has 1 amide bonds. The molecule has 0 spiro atoms. The maximum atomic E-state index is 12.6. The molecule has 0 bridgehead atoms. The number of hydrogen-bond donors (Lipinski definition) is 2. The largest absolute Gasteiger partial charge is 0.480 e. The number of rotatable bonds is 3. The molecule has 2 saturated heterocycles. The highest BCUT2D eigenvalue weighted by atomic mass is 16.4. The summed E-state index contributed by atoms with van der Waals surface area (Å²) in [6.07, 6.45) is 6.04. The molecule has 2 aliphatic heterocycles. The van der Waals surface area contributed by atoms with Crippen LogP contribution in [0.25, 0.3) is 0 Å². The van der Waals surface area contributed by atoms with E-state index in [-0.39, 0.29) is 18.5 Å². The van der Waals surface area contributed by atoms with Crippen molar-refractivity contribution in [2.45, 2.75) is 44.2 Å². The van der Waals surface area contributed by atoms with Gasteiger partial charge in [-0.1, -0.05) is 12.8 Å². The molecule has 6 heteroatoms. The third-order valence-electron chi connectivity index (χ3n) is 5.20. The van der Waals surface area contributed by atoms with Crippen molar-refractivity contribution in [3.63, 3.8) is 0 Å². The Balaban J connectivity index is 1.49. The van der Waals surface area contributed by atoms with Crippen LogP contribution in [0, 0.1) is 5.92 Å². The van der Waals surface area contributed by atoms with Gasteiger partial charge in [0.2, 0.25) is 5.91 Å². The molecule has 118 valence electrons. The van der Waals surface area contributed by atoms with Gasteiger partial charge in [0.25, 0.3) is 0 Å². The first kappa shape index (κ1) is 14.8. The summed E-state index contributed by atoms with van der Waals surface area (Å²) >= 11 is 0. The average molecular weight is 295 g/mol. The van der Waals surface area contributed by atoms with Gasteiger partial charge in [-0.05, 0) is 25.2 Å². The van der Waals surface area contributed by atoms with Crippen LogP contribution in [0.15, 0.2) is 0 Å². The van der Waals surface area contributed by atoms with Crippen molar-refractivity contribution in [1.29, 1.82) is 0 Å². The van der Waals surface area contributed by atoms with Crippen LogP contribution < -0.4 is 5.32 Å². The Morgan fingerprint density at radius 1 is 1.10 bits per heavy atom. The third kappa shape index (κ3) is 3.37. The number of carboxylic acids is 1. The van der Waals surface area contributed by atoms with Crippen LogP contribution in [0.1, 0.15) is 32.1 Å². The Morgan fingerprint density at radius 3 is 2.48 bits per heavy atom. The fourth-order valence-electron chi connectivity index (χ4n) is 4.05. The number of amides is 1. The number of fused-ring (bicyclic) bond motifs is 1. The van der Waals surface area contributed by atoms with Gasteiger partial charge in [0.05, 0.1) is 12.6 Å². The summed E-state index contributed by atoms with van der Waals surface area (Å²) in [6, 6.07) is 0.533. The summed E-state index contributed by atoms with van der Waals surface area (Å²) in [6.45, 7) is 2.71. The molecule has 21 heavy (non-hydrogen) atoms. The summed E-state index contributed by atoms with van der Waals surface area (Å²) in [5.74, 6) is 0.108. The lowest BCUT2D eigenvalue weighted by Gasteiger charge is -2.35.